The van der Waals surface area contributed by atoms with Crippen molar-refractivity contribution in [3.8, 4) is 0 Å². The zero-order valence-corrected chi connectivity index (χ0v) is 14.6. The molecule has 0 amide bonds. The van der Waals surface area contributed by atoms with Crippen molar-refractivity contribution < 1.29 is 9.53 Å². The van der Waals surface area contributed by atoms with Gasteiger partial charge in [0, 0.05) is 26.2 Å². The summed E-state index contributed by atoms with van der Waals surface area (Å²) >= 11 is 0. The Kier molecular flexibility index (Phi) is 6.00. The van der Waals surface area contributed by atoms with Crippen molar-refractivity contribution in [3.63, 3.8) is 0 Å². The number of rotatable bonds is 4. The topological polar surface area (TPSA) is 72.3 Å². The monoisotopic (exact) mass is 343 g/mol. The van der Waals surface area contributed by atoms with Crippen LogP contribution < -0.4 is 5.32 Å². The van der Waals surface area contributed by atoms with Gasteiger partial charge in [-0.2, -0.15) is 0 Å². The Hall–Kier alpha value is -1.18. The minimum Gasteiger partial charge on any atom is -0.464 e. The summed E-state index contributed by atoms with van der Waals surface area (Å²) < 4.78 is 6.49. The molecular weight excluding hydrogens is 318 g/mol. The number of piperidine rings is 1. The quantitative estimate of drug-likeness (QED) is 0.826. The number of hydrogen-bond acceptors (Lipinski definition) is 6. The summed E-state index contributed by atoms with van der Waals surface area (Å²) in [6, 6.07) is 0.330. The second-order valence-corrected chi connectivity index (χ2v) is 6.82. The molecule has 2 fully saturated rings. The average molecular weight is 344 g/mol. The van der Waals surface area contributed by atoms with E-state index >= 15 is 0 Å². The fourth-order valence-electron chi connectivity index (χ4n) is 3.54. The third-order valence-corrected chi connectivity index (χ3v) is 4.90. The van der Waals surface area contributed by atoms with Gasteiger partial charge in [0.15, 0.2) is 5.69 Å². The first kappa shape index (κ1) is 18.2. The number of halogens is 1. The molecule has 2 aliphatic heterocycles. The summed E-state index contributed by atoms with van der Waals surface area (Å²) in [4.78, 5) is 14.0. The molecule has 0 aromatic carbocycles. The van der Waals surface area contributed by atoms with Gasteiger partial charge >= 0.3 is 5.97 Å². The summed E-state index contributed by atoms with van der Waals surface area (Å²) in [5, 5.41) is 11.4. The second-order valence-electron chi connectivity index (χ2n) is 6.82. The van der Waals surface area contributed by atoms with Gasteiger partial charge in [-0.3, -0.25) is 0 Å². The van der Waals surface area contributed by atoms with Gasteiger partial charge in [0.1, 0.15) is 0 Å². The Balaban J connectivity index is 0.00000192. The lowest BCUT2D eigenvalue weighted by molar-refractivity contribution is 0.0594. The van der Waals surface area contributed by atoms with E-state index in [0.717, 1.165) is 45.6 Å². The smallest absolute Gasteiger partial charge is 0.360 e. The van der Waals surface area contributed by atoms with E-state index < -0.39 is 5.97 Å². The van der Waals surface area contributed by atoms with Crippen LogP contribution >= 0.6 is 12.4 Å². The Bertz CT molecular complexity index is 522. The highest BCUT2D eigenvalue weighted by Gasteiger charge is 2.32. The lowest BCUT2D eigenvalue weighted by Crippen LogP contribution is -2.42. The number of carbonyl (C=O) groups is 1. The van der Waals surface area contributed by atoms with Gasteiger partial charge in [0.05, 0.1) is 19.3 Å². The SMILES string of the molecule is COC(=O)c1cn(C2CCN(CC3(C)CCNC3)CC2)nn1.Cl. The number of esters is 1. The molecule has 3 rings (SSSR count). The summed E-state index contributed by atoms with van der Waals surface area (Å²) in [6.07, 6.45) is 5.06. The Labute approximate surface area is 143 Å². The van der Waals surface area contributed by atoms with Crippen molar-refractivity contribution in [1.29, 1.82) is 0 Å². The molecule has 1 atom stereocenters. The van der Waals surface area contributed by atoms with Gasteiger partial charge in [-0.05, 0) is 31.2 Å². The largest absolute Gasteiger partial charge is 0.464 e. The van der Waals surface area contributed by atoms with Crippen LogP contribution in [-0.2, 0) is 4.74 Å². The van der Waals surface area contributed by atoms with Crippen LogP contribution in [0.5, 0.6) is 0 Å². The molecule has 0 aliphatic carbocycles. The molecule has 0 bridgehead atoms. The molecule has 7 nitrogen and oxygen atoms in total. The molecule has 1 unspecified atom stereocenters. The summed E-state index contributed by atoms with van der Waals surface area (Å²) in [5.74, 6) is -0.426. The van der Waals surface area contributed by atoms with Gasteiger partial charge in [-0.15, -0.1) is 17.5 Å². The molecule has 8 heteroatoms. The van der Waals surface area contributed by atoms with Gasteiger partial charge in [0.2, 0.25) is 0 Å². The molecule has 1 aromatic rings. The molecule has 1 aromatic heterocycles. The number of likely N-dealkylation sites (tertiary alicyclic amines) is 1. The predicted octanol–water partition coefficient (Wildman–Crippen LogP) is 1.12. The molecule has 0 saturated carbocycles. The van der Waals surface area contributed by atoms with Gasteiger partial charge in [-0.25, -0.2) is 9.48 Å². The number of methoxy groups -OCH3 is 1. The van der Waals surface area contributed by atoms with Crippen molar-refractivity contribution in [2.75, 3.05) is 39.8 Å². The van der Waals surface area contributed by atoms with Gasteiger partial charge in [0.25, 0.3) is 0 Å². The first-order valence-electron chi connectivity index (χ1n) is 8.03. The van der Waals surface area contributed by atoms with Gasteiger partial charge < -0.3 is 15.0 Å². The summed E-state index contributed by atoms with van der Waals surface area (Å²) in [7, 11) is 1.36. The highest BCUT2D eigenvalue weighted by atomic mass is 35.5. The minimum atomic E-state index is -0.426. The molecular formula is C15H26ClN5O2. The van der Waals surface area contributed by atoms with Gasteiger partial charge in [-0.1, -0.05) is 12.1 Å². The second kappa shape index (κ2) is 7.59. The fraction of sp³-hybridized carbons (Fsp3) is 0.800. The Morgan fingerprint density at radius 1 is 1.48 bits per heavy atom. The molecule has 2 saturated heterocycles. The normalized spacial score (nSPS) is 26.0. The van der Waals surface area contributed by atoms with Crippen molar-refractivity contribution in [2.24, 2.45) is 5.41 Å². The van der Waals surface area contributed by atoms with Crippen LogP contribution in [0.4, 0.5) is 0 Å². The average Bonchev–Trinajstić information content (AvgIpc) is 3.17. The van der Waals surface area contributed by atoms with E-state index in [4.69, 9.17) is 0 Å². The zero-order chi connectivity index (χ0) is 15.6. The molecule has 2 aliphatic rings. The van der Waals surface area contributed by atoms with E-state index in [2.05, 4.69) is 32.2 Å². The number of carbonyl (C=O) groups excluding carboxylic acids is 1. The van der Waals surface area contributed by atoms with E-state index in [0.29, 0.717) is 11.5 Å². The van der Waals surface area contributed by atoms with Crippen molar-refractivity contribution >= 4 is 18.4 Å². The molecule has 130 valence electrons. The maximum Gasteiger partial charge on any atom is 0.360 e. The van der Waals surface area contributed by atoms with Crippen molar-refractivity contribution in [3.05, 3.63) is 11.9 Å². The Morgan fingerprint density at radius 3 is 2.83 bits per heavy atom. The number of aromatic nitrogens is 3. The lowest BCUT2D eigenvalue weighted by atomic mass is 9.88. The molecule has 0 spiro atoms. The van der Waals surface area contributed by atoms with Crippen LogP contribution in [-0.4, -0.2) is 65.7 Å². The van der Waals surface area contributed by atoms with Crippen LogP contribution in [0.3, 0.4) is 0 Å². The number of ether oxygens (including phenoxy) is 1. The number of nitrogens with one attached hydrogen (secondary N) is 1. The molecule has 3 heterocycles. The maximum absolute atomic E-state index is 11.4. The predicted molar refractivity (Wildman–Crippen MR) is 88.9 cm³/mol. The minimum absolute atomic E-state index is 0. The van der Waals surface area contributed by atoms with E-state index in [9.17, 15) is 4.79 Å². The first-order chi connectivity index (χ1) is 10.6. The summed E-state index contributed by atoms with van der Waals surface area (Å²) in [6.45, 7) is 7.96. The first-order valence-corrected chi connectivity index (χ1v) is 8.03. The van der Waals surface area contributed by atoms with Crippen LogP contribution in [0.25, 0.3) is 0 Å². The molecule has 0 radical (unpaired) electrons. The van der Waals surface area contributed by atoms with E-state index in [1.807, 2.05) is 4.68 Å². The fourth-order valence-corrected chi connectivity index (χ4v) is 3.54. The maximum atomic E-state index is 11.4. The highest BCUT2D eigenvalue weighted by molar-refractivity contribution is 5.86. The zero-order valence-electron chi connectivity index (χ0n) is 13.8. The van der Waals surface area contributed by atoms with Crippen LogP contribution in [0, 0.1) is 5.41 Å². The summed E-state index contributed by atoms with van der Waals surface area (Å²) in [5.41, 5.74) is 0.701. The highest BCUT2D eigenvalue weighted by Crippen LogP contribution is 2.29. The van der Waals surface area contributed by atoms with Crippen molar-refractivity contribution in [2.45, 2.75) is 32.2 Å². The van der Waals surface area contributed by atoms with Crippen LogP contribution in [0.15, 0.2) is 6.20 Å². The van der Waals surface area contributed by atoms with Crippen LogP contribution in [0.2, 0.25) is 0 Å². The van der Waals surface area contributed by atoms with E-state index in [1.165, 1.54) is 13.5 Å². The van der Waals surface area contributed by atoms with Crippen LogP contribution in [0.1, 0.15) is 42.7 Å². The third kappa shape index (κ3) is 4.22. The molecule has 23 heavy (non-hydrogen) atoms. The standard InChI is InChI=1S/C15H25N5O2.ClH/c1-15(5-6-16-10-15)11-19-7-3-12(4-8-19)20-9-13(17-18-20)14(21)22-2;/h9,12,16H,3-8,10-11H2,1-2H3;1H. The molecule has 1 N–H and O–H groups in total. The third-order valence-electron chi connectivity index (χ3n) is 4.90. The van der Waals surface area contributed by atoms with Crippen molar-refractivity contribution in [1.82, 2.24) is 25.2 Å². The van der Waals surface area contributed by atoms with E-state index in [1.54, 1.807) is 6.20 Å². The number of nitrogens with zero attached hydrogens (tertiary/aromatic N) is 4. The lowest BCUT2D eigenvalue weighted by Gasteiger charge is -2.36. The number of hydrogen-bond donors (Lipinski definition) is 1. The van der Waals surface area contributed by atoms with E-state index in [-0.39, 0.29) is 18.1 Å². The Morgan fingerprint density at radius 2 is 2.22 bits per heavy atom.